The fourth-order valence-corrected chi connectivity index (χ4v) is 15.5. The summed E-state index contributed by atoms with van der Waals surface area (Å²) >= 11 is 0. The molecule has 18 rings (SSSR count). The summed E-state index contributed by atoms with van der Waals surface area (Å²) in [5.74, 6) is 1.94. The van der Waals surface area contributed by atoms with Crippen LogP contribution in [0.1, 0.15) is 24.0 Å². The van der Waals surface area contributed by atoms with E-state index in [2.05, 4.69) is 308 Å². The Morgan fingerprint density at radius 1 is 0.310 bits per heavy atom. The highest BCUT2D eigenvalue weighted by molar-refractivity contribution is 7.02. The van der Waals surface area contributed by atoms with E-state index in [9.17, 15) is 0 Å². The van der Waals surface area contributed by atoms with Gasteiger partial charge in [0.1, 0.15) is 11.5 Å². The first kappa shape index (κ1) is 49.8. The van der Waals surface area contributed by atoms with E-state index in [0.717, 1.165) is 119 Å². The summed E-state index contributed by atoms with van der Waals surface area (Å²) in [6, 6.07) is 103. The average molecular weight is 1120 g/mol. The Hall–Kier alpha value is -10.6. The number of ether oxygens (including phenoxy) is 1. The average Bonchev–Trinajstić information content (AvgIpc) is 0.711. The molecule has 0 N–H and O–H groups in total. The number of fused-ring (bicyclic) bond motifs is 10. The summed E-state index contributed by atoms with van der Waals surface area (Å²) in [5, 5.41) is 0. The molecule has 0 saturated carbocycles. The lowest BCUT2D eigenvalue weighted by molar-refractivity contribution is 0.475. The quantitative estimate of drug-likeness (QED) is 0.133. The molecule has 412 valence electrons. The van der Waals surface area contributed by atoms with Crippen molar-refractivity contribution in [3.05, 3.63) is 290 Å². The molecule has 0 unspecified atom stereocenters. The van der Waals surface area contributed by atoms with Crippen LogP contribution < -0.4 is 66.9 Å². The van der Waals surface area contributed by atoms with E-state index in [1.165, 1.54) is 66.7 Å². The van der Waals surface area contributed by atoms with Gasteiger partial charge in [-0.1, -0.05) is 158 Å². The fraction of sp³-hybridized carbons (Fsp3) is 0.0769. The van der Waals surface area contributed by atoms with Gasteiger partial charge in [0.25, 0.3) is 13.4 Å². The molecule has 6 aliphatic heterocycles. The molecule has 0 saturated heterocycles. The summed E-state index contributed by atoms with van der Waals surface area (Å²) in [7, 11) is 0. The normalized spacial score (nSPS) is 14.3. The molecule has 87 heavy (non-hydrogen) atoms. The number of para-hydroxylation sites is 8. The monoisotopic (exact) mass is 1120 g/mol. The first-order chi connectivity index (χ1) is 43.2. The lowest BCUT2D eigenvalue weighted by atomic mass is 9.30. The summed E-state index contributed by atoms with van der Waals surface area (Å²) in [6.45, 7) is 1.81. The molecule has 9 heteroatoms. The van der Waals surface area contributed by atoms with E-state index in [0.29, 0.717) is 0 Å². The zero-order valence-electron chi connectivity index (χ0n) is 48.0. The van der Waals surface area contributed by atoms with E-state index in [-0.39, 0.29) is 13.4 Å². The highest BCUT2D eigenvalue weighted by Crippen LogP contribution is 2.54. The van der Waals surface area contributed by atoms with Crippen molar-refractivity contribution in [3.63, 3.8) is 0 Å². The molecule has 6 heterocycles. The van der Waals surface area contributed by atoms with Crippen LogP contribution in [0.3, 0.4) is 0 Å². The Balaban J connectivity index is 0.948. The van der Waals surface area contributed by atoms with Crippen LogP contribution in [0.25, 0.3) is 0 Å². The lowest BCUT2D eigenvalue weighted by Crippen LogP contribution is -2.65. The zero-order valence-corrected chi connectivity index (χ0v) is 48.0. The molecule has 0 spiro atoms. The van der Waals surface area contributed by atoms with E-state index in [1.807, 2.05) is 0 Å². The van der Waals surface area contributed by atoms with Crippen molar-refractivity contribution >= 4 is 137 Å². The maximum atomic E-state index is 7.75. The smallest absolute Gasteiger partial charge is 0.256 e. The van der Waals surface area contributed by atoms with Crippen LogP contribution in [0.2, 0.25) is 0 Å². The van der Waals surface area contributed by atoms with Crippen LogP contribution in [0, 0.1) is 0 Å². The number of hydrogen-bond donors (Lipinski definition) is 0. The van der Waals surface area contributed by atoms with Gasteiger partial charge in [0.15, 0.2) is 0 Å². The highest BCUT2D eigenvalue weighted by Gasteiger charge is 2.50. The SMILES string of the molecule is c1ccc(N(c2ccccc2)c2ccc3c(c2)Oc2c4c5c(c6c2B3c2cc3c(cc2N6c2ccccc2)N(c2ccccc2)c2cc(N(c6ccccc6)c6ccccc6)cc6c2B3c2ccccc2N6c2ccccc2)CCCN5CCC4)cc1. The number of anilines is 16. The van der Waals surface area contributed by atoms with Crippen LogP contribution in [0.15, 0.2) is 279 Å². The second-order valence-corrected chi connectivity index (χ2v) is 23.7. The summed E-state index contributed by atoms with van der Waals surface area (Å²) in [6.07, 6.45) is 4.17. The predicted molar refractivity (Wildman–Crippen MR) is 365 cm³/mol. The molecule has 0 aromatic heterocycles. The van der Waals surface area contributed by atoms with E-state index < -0.39 is 0 Å². The Morgan fingerprint density at radius 3 is 1.31 bits per heavy atom. The van der Waals surface area contributed by atoms with Crippen molar-refractivity contribution in [3.8, 4) is 11.5 Å². The van der Waals surface area contributed by atoms with E-state index in [4.69, 9.17) is 4.74 Å². The van der Waals surface area contributed by atoms with Crippen molar-refractivity contribution in [2.75, 3.05) is 42.5 Å². The third-order valence-corrected chi connectivity index (χ3v) is 19.0. The number of hydrogen-bond acceptors (Lipinski definition) is 7. The zero-order chi connectivity index (χ0) is 57.1. The van der Waals surface area contributed by atoms with Crippen molar-refractivity contribution in [1.29, 1.82) is 0 Å². The first-order valence-electron chi connectivity index (χ1n) is 30.8. The third kappa shape index (κ3) is 7.71. The minimum absolute atomic E-state index is 0.140. The lowest BCUT2D eigenvalue weighted by Gasteiger charge is -2.48. The van der Waals surface area contributed by atoms with Gasteiger partial charge in [0, 0.05) is 104 Å². The summed E-state index contributed by atoms with van der Waals surface area (Å²) in [4.78, 5) is 15.2. The van der Waals surface area contributed by atoms with Crippen molar-refractivity contribution < 1.29 is 4.74 Å². The van der Waals surface area contributed by atoms with Gasteiger partial charge in [0.05, 0.1) is 11.4 Å². The first-order valence-corrected chi connectivity index (χ1v) is 30.8. The minimum atomic E-state index is -0.146. The Kier molecular flexibility index (Phi) is 11.4. The fourth-order valence-electron chi connectivity index (χ4n) is 15.5. The second-order valence-electron chi connectivity index (χ2n) is 23.7. The summed E-state index contributed by atoms with van der Waals surface area (Å²) in [5.41, 5.74) is 28.7. The van der Waals surface area contributed by atoms with Crippen molar-refractivity contribution in [1.82, 2.24) is 0 Å². The van der Waals surface area contributed by atoms with Crippen molar-refractivity contribution in [2.24, 2.45) is 0 Å². The topological polar surface area (TPSA) is 28.7 Å². The molecular weight excluding hydrogens is 1060 g/mol. The van der Waals surface area contributed by atoms with Gasteiger partial charge >= 0.3 is 0 Å². The Bertz CT molecular complexity index is 4570. The number of nitrogens with zero attached hydrogens (tertiary/aromatic N) is 6. The van der Waals surface area contributed by atoms with Gasteiger partial charge in [-0.15, -0.1) is 0 Å². The molecule has 0 atom stereocenters. The van der Waals surface area contributed by atoms with Gasteiger partial charge in [0.2, 0.25) is 0 Å². The molecular formula is C78H58B2N6O. The van der Waals surface area contributed by atoms with Gasteiger partial charge in [-0.2, -0.15) is 0 Å². The molecule has 0 aliphatic carbocycles. The third-order valence-electron chi connectivity index (χ3n) is 19.0. The Morgan fingerprint density at radius 2 is 0.759 bits per heavy atom. The number of rotatable bonds is 9. The number of benzene rings is 12. The molecule has 0 bridgehead atoms. The molecule has 12 aromatic rings. The van der Waals surface area contributed by atoms with Gasteiger partial charge in [-0.25, -0.2) is 0 Å². The largest absolute Gasteiger partial charge is 0.458 e. The van der Waals surface area contributed by atoms with E-state index >= 15 is 0 Å². The molecule has 0 fully saturated rings. The van der Waals surface area contributed by atoms with Crippen LogP contribution in [-0.4, -0.2) is 26.5 Å². The maximum absolute atomic E-state index is 7.75. The van der Waals surface area contributed by atoms with Crippen LogP contribution in [0.5, 0.6) is 11.5 Å². The predicted octanol–water partition coefficient (Wildman–Crippen LogP) is 15.8. The maximum Gasteiger partial charge on any atom is 0.256 e. The Labute approximate surface area is 509 Å². The molecule has 0 radical (unpaired) electrons. The van der Waals surface area contributed by atoms with Crippen LogP contribution >= 0.6 is 0 Å². The minimum Gasteiger partial charge on any atom is -0.458 e. The van der Waals surface area contributed by atoms with Crippen LogP contribution in [-0.2, 0) is 12.8 Å². The van der Waals surface area contributed by atoms with Crippen molar-refractivity contribution in [2.45, 2.75) is 25.7 Å². The van der Waals surface area contributed by atoms with Gasteiger partial charge < -0.3 is 34.1 Å². The van der Waals surface area contributed by atoms with Crippen LogP contribution in [0.4, 0.5) is 91.0 Å². The molecule has 0 amide bonds. The summed E-state index contributed by atoms with van der Waals surface area (Å²) < 4.78 is 7.75. The standard InChI is InChI=1S/C78H58B2N6O/c1-8-26-53(27-9-1)82(54-28-10-2-11-29-54)60-44-45-65-73(50-60)87-78-63-41-25-47-81-46-24-40-62(76(63)81)77-75(78)80(65)67-51-66-69(52-70(67)86(77)59-38-20-7-21-39-59)85(58-36-18-6-19-37-58)72-49-61(83(55-30-12-3-13-31-55)56-32-14-4-15-33-56)48-71-74(72)79(66)64-42-22-23-43-68(64)84(71)57-34-16-5-17-35-57/h1-23,26-39,42-45,48-52H,24-25,40-41,46-47H2. The second kappa shape index (κ2) is 20.0. The van der Waals surface area contributed by atoms with E-state index in [1.54, 1.807) is 0 Å². The molecule has 12 aromatic carbocycles. The highest BCUT2D eigenvalue weighted by atomic mass is 16.5. The van der Waals surface area contributed by atoms with Gasteiger partial charge in [-0.3, -0.25) is 0 Å². The van der Waals surface area contributed by atoms with Gasteiger partial charge in [-0.05, 0) is 179 Å². The molecule has 6 aliphatic rings. The molecule has 7 nitrogen and oxygen atoms in total.